The van der Waals surface area contributed by atoms with Gasteiger partial charge < -0.3 is 0 Å². The average molecular weight is 351 g/mol. The molecule has 3 nitrogen and oxygen atoms in total. The van der Waals surface area contributed by atoms with E-state index < -0.39 is 10.0 Å². The molecular weight excluding hydrogens is 330 g/mol. The molecule has 0 aliphatic heterocycles. The van der Waals surface area contributed by atoms with Crippen LogP contribution in [0.1, 0.15) is 16.7 Å². The van der Waals surface area contributed by atoms with Gasteiger partial charge in [0.05, 0.1) is 17.1 Å². The zero-order chi connectivity index (χ0) is 17.9. The monoisotopic (exact) mass is 351 g/mol. The minimum Gasteiger partial charge on any atom is -0.262 e. The highest BCUT2D eigenvalue weighted by molar-refractivity contribution is 7.92. The summed E-state index contributed by atoms with van der Waals surface area (Å²) in [7, 11) is -3.67. The van der Waals surface area contributed by atoms with Crippen molar-refractivity contribution in [1.29, 1.82) is 0 Å². The Balaban J connectivity index is 2.12. The number of anilines is 1. The highest BCUT2D eigenvalue weighted by Gasteiger charge is 2.26. The number of nitrogens with zero attached hydrogens (tertiary/aromatic N) is 1. The molecule has 0 N–H and O–H groups in total. The fourth-order valence-electron chi connectivity index (χ4n) is 2.81. The van der Waals surface area contributed by atoms with Gasteiger partial charge in [-0.1, -0.05) is 60.7 Å². The summed E-state index contributed by atoms with van der Waals surface area (Å²) < 4.78 is 28.3. The Morgan fingerprint density at radius 3 is 2.16 bits per heavy atom. The van der Waals surface area contributed by atoms with Crippen molar-refractivity contribution in [2.24, 2.45) is 0 Å². The highest BCUT2D eigenvalue weighted by atomic mass is 32.2. The number of rotatable bonds is 5. The van der Waals surface area contributed by atoms with Gasteiger partial charge in [0.1, 0.15) is 0 Å². The first-order chi connectivity index (χ1) is 12.0. The molecule has 0 aliphatic carbocycles. The van der Waals surface area contributed by atoms with Crippen LogP contribution < -0.4 is 4.31 Å². The van der Waals surface area contributed by atoms with Crippen molar-refractivity contribution in [3.8, 4) is 0 Å². The molecule has 0 aromatic heterocycles. The summed E-state index contributed by atoms with van der Waals surface area (Å²) in [5.41, 5.74) is 3.39. The van der Waals surface area contributed by atoms with Gasteiger partial charge in [0, 0.05) is 0 Å². The van der Waals surface area contributed by atoms with E-state index in [1.807, 2.05) is 80.6 Å². The van der Waals surface area contributed by atoms with E-state index in [0.717, 1.165) is 16.7 Å². The first-order valence-electron chi connectivity index (χ1n) is 8.17. The predicted molar refractivity (Wildman–Crippen MR) is 102 cm³/mol. The molecule has 0 unspecified atom stereocenters. The molecule has 3 rings (SSSR count). The Morgan fingerprint density at radius 2 is 1.48 bits per heavy atom. The van der Waals surface area contributed by atoms with E-state index in [2.05, 4.69) is 0 Å². The summed E-state index contributed by atoms with van der Waals surface area (Å²) >= 11 is 0. The van der Waals surface area contributed by atoms with Gasteiger partial charge >= 0.3 is 0 Å². The van der Waals surface area contributed by atoms with Crippen molar-refractivity contribution in [2.75, 3.05) is 4.31 Å². The van der Waals surface area contributed by atoms with Crippen LogP contribution in [0.3, 0.4) is 0 Å². The van der Waals surface area contributed by atoms with Crippen LogP contribution in [0.2, 0.25) is 0 Å². The predicted octanol–water partition coefficient (Wildman–Crippen LogP) is 4.70. The smallest absolute Gasteiger partial charge is 0.262 e. The van der Waals surface area contributed by atoms with Gasteiger partial charge in [-0.3, -0.25) is 4.31 Å². The Kier molecular flexibility index (Phi) is 4.91. The van der Waals surface area contributed by atoms with E-state index in [1.54, 1.807) is 12.1 Å². The normalized spacial score (nSPS) is 11.3. The molecule has 4 heteroatoms. The maximum atomic E-state index is 13.4. The number of benzene rings is 3. The summed E-state index contributed by atoms with van der Waals surface area (Å²) in [6.07, 6.45) is 0. The van der Waals surface area contributed by atoms with Crippen LogP contribution in [-0.2, 0) is 16.6 Å². The van der Waals surface area contributed by atoms with Crippen molar-refractivity contribution in [1.82, 2.24) is 0 Å². The lowest BCUT2D eigenvalue weighted by Gasteiger charge is -2.26. The van der Waals surface area contributed by atoms with Crippen molar-refractivity contribution in [3.05, 3.63) is 95.6 Å². The number of hydrogen-bond donors (Lipinski definition) is 0. The first kappa shape index (κ1) is 17.2. The molecule has 3 aromatic carbocycles. The second-order valence-corrected chi connectivity index (χ2v) is 7.93. The Morgan fingerprint density at radius 1 is 0.800 bits per heavy atom. The molecule has 0 bridgehead atoms. The zero-order valence-electron chi connectivity index (χ0n) is 14.4. The van der Waals surface area contributed by atoms with Gasteiger partial charge in [-0.15, -0.1) is 0 Å². The third-order valence-corrected chi connectivity index (χ3v) is 6.05. The van der Waals surface area contributed by atoms with Crippen LogP contribution >= 0.6 is 0 Å². The molecule has 25 heavy (non-hydrogen) atoms. The largest absolute Gasteiger partial charge is 0.264 e. The number of hydrogen-bond acceptors (Lipinski definition) is 2. The lowest BCUT2D eigenvalue weighted by Crippen LogP contribution is -2.31. The van der Waals surface area contributed by atoms with Crippen molar-refractivity contribution in [3.63, 3.8) is 0 Å². The summed E-state index contributed by atoms with van der Waals surface area (Å²) in [6, 6.07) is 24.3. The molecule has 0 amide bonds. The van der Waals surface area contributed by atoms with Gasteiger partial charge in [-0.05, 0) is 48.7 Å². The number of aryl methyl sites for hydroxylation is 2. The zero-order valence-corrected chi connectivity index (χ0v) is 15.2. The summed E-state index contributed by atoms with van der Waals surface area (Å²) in [5.74, 6) is 0. The maximum Gasteiger partial charge on any atom is 0.264 e. The van der Waals surface area contributed by atoms with E-state index in [9.17, 15) is 8.42 Å². The molecule has 0 saturated carbocycles. The second-order valence-electron chi connectivity index (χ2n) is 6.10. The molecule has 3 aromatic rings. The summed E-state index contributed by atoms with van der Waals surface area (Å²) in [4.78, 5) is 0.340. The Labute approximate surface area is 149 Å². The Bertz CT molecular complexity index is 966. The maximum absolute atomic E-state index is 13.4. The molecule has 0 fully saturated rings. The lowest BCUT2D eigenvalue weighted by atomic mass is 10.2. The van der Waals surface area contributed by atoms with Crippen molar-refractivity contribution < 1.29 is 8.42 Å². The van der Waals surface area contributed by atoms with E-state index in [-0.39, 0.29) is 0 Å². The second kappa shape index (κ2) is 7.11. The average Bonchev–Trinajstić information content (AvgIpc) is 2.60. The van der Waals surface area contributed by atoms with Crippen LogP contribution in [0.15, 0.2) is 83.8 Å². The third kappa shape index (κ3) is 3.74. The molecule has 0 spiro atoms. The fraction of sp³-hybridized carbons (Fsp3) is 0.143. The molecule has 0 atom stereocenters. The summed E-state index contributed by atoms with van der Waals surface area (Å²) in [6.45, 7) is 4.08. The fourth-order valence-corrected chi connectivity index (χ4v) is 4.48. The lowest BCUT2D eigenvalue weighted by molar-refractivity contribution is 0.590. The van der Waals surface area contributed by atoms with Gasteiger partial charge in [-0.25, -0.2) is 8.42 Å². The van der Waals surface area contributed by atoms with Gasteiger partial charge in [-0.2, -0.15) is 0 Å². The minimum atomic E-state index is -3.67. The molecule has 0 heterocycles. The summed E-state index contributed by atoms with van der Waals surface area (Å²) in [5, 5.41) is 0. The molecule has 128 valence electrons. The van der Waals surface area contributed by atoms with Crippen LogP contribution in [0.4, 0.5) is 5.69 Å². The van der Waals surface area contributed by atoms with Crippen LogP contribution in [0.25, 0.3) is 0 Å². The molecule has 0 saturated heterocycles. The first-order valence-corrected chi connectivity index (χ1v) is 9.61. The minimum absolute atomic E-state index is 0.293. The Hall–Kier alpha value is -2.59. The molecular formula is C21H21NO2S. The van der Waals surface area contributed by atoms with Gasteiger partial charge in [0.15, 0.2) is 0 Å². The number of sulfonamides is 1. The van der Waals surface area contributed by atoms with Crippen molar-refractivity contribution in [2.45, 2.75) is 25.3 Å². The van der Waals surface area contributed by atoms with Crippen molar-refractivity contribution >= 4 is 15.7 Å². The molecule has 0 aliphatic rings. The quantitative estimate of drug-likeness (QED) is 0.668. The molecule has 0 radical (unpaired) electrons. The van der Waals surface area contributed by atoms with Crippen LogP contribution in [0.5, 0.6) is 0 Å². The van der Waals surface area contributed by atoms with E-state index in [4.69, 9.17) is 0 Å². The van der Waals surface area contributed by atoms with E-state index in [1.165, 1.54) is 4.31 Å². The van der Waals surface area contributed by atoms with Crippen LogP contribution in [-0.4, -0.2) is 8.42 Å². The topological polar surface area (TPSA) is 37.4 Å². The third-order valence-electron chi connectivity index (χ3n) is 4.12. The highest BCUT2D eigenvalue weighted by Crippen LogP contribution is 2.28. The van der Waals surface area contributed by atoms with Crippen LogP contribution in [0, 0.1) is 13.8 Å². The SMILES string of the molecule is Cc1cccc(N(Cc2ccccc2)S(=O)(=O)c2ccccc2C)c1. The van der Waals surface area contributed by atoms with E-state index >= 15 is 0 Å². The standard InChI is InChI=1S/C21H21NO2S/c1-17-9-8-13-20(15-17)22(16-19-11-4-3-5-12-19)25(23,24)21-14-7-6-10-18(21)2/h3-15H,16H2,1-2H3. The van der Waals surface area contributed by atoms with Gasteiger partial charge in [0.25, 0.3) is 10.0 Å². The van der Waals surface area contributed by atoms with Gasteiger partial charge in [0.2, 0.25) is 0 Å². The van der Waals surface area contributed by atoms with E-state index in [0.29, 0.717) is 17.1 Å².